The van der Waals surface area contributed by atoms with Crippen LogP contribution in [0.4, 0.5) is 0 Å². The molecule has 1 atom stereocenters. The minimum atomic E-state index is -0.254. The molecule has 0 saturated carbocycles. The van der Waals surface area contributed by atoms with Gasteiger partial charge in [0.1, 0.15) is 10.7 Å². The molecule has 1 aromatic heterocycles. The fourth-order valence-corrected chi connectivity index (χ4v) is 2.33. The summed E-state index contributed by atoms with van der Waals surface area (Å²) < 4.78 is 0. The monoisotopic (exact) mass is 266 g/mol. The summed E-state index contributed by atoms with van der Waals surface area (Å²) in [6.07, 6.45) is 2.46. The SMILES string of the molecule is Cc1cnc(C(C)NC(=O)C2=NNC(=O)CC2)s1. The first-order chi connectivity index (χ1) is 8.56. The van der Waals surface area contributed by atoms with E-state index in [0.717, 1.165) is 9.88 Å². The summed E-state index contributed by atoms with van der Waals surface area (Å²) in [5.74, 6) is -0.412. The average Bonchev–Trinajstić information content (AvgIpc) is 2.76. The number of nitrogens with zero attached hydrogens (tertiary/aromatic N) is 2. The van der Waals surface area contributed by atoms with Gasteiger partial charge in [-0.2, -0.15) is 5.10 Å². The van der Waals surface area contributed by atoms with Crippen molar-refractivity contribution in [3.63, 3.8) is 0 Å². The summed E-state index contributed by atoms with van der Waals surface area (Å²) in [7, 11) is 0. The molecule has 1 aliphatic heterocycles. The quantitative estimate of drug-likeness (QED) is 0.852. The molecule has 2 heterocycles. The first-order valence-corrected chi connectivity index (χ1v) is 6.46. The van der Waals surface area contributed by atoms with Gasteiger partial charge in [0.25, 0.3) is 5.91 Å². The van der Waals surface area contributed by atoms with Crippen LogP contribution in [0.2, 0.25) is 0 Å². The summed E-state index contributed by atoms with van der Waals surface area (Å²) in [4.78, 5) is 28.1. The highest BCUT2D eigenvalue weighted by Crippen LogP contribution is 2.18. The van der Waals surface area contributed by atoms with Gasteiger partial charge in [0, 0.05) is 23.9 Å². The van der Waals surface area contributed by atoms with E-state index in [4.69, 9.17) is 0 Å². The van der Waals surface area contributed by atoms with Crippen LogP contribution in [-0.2, 0) is 9.59 Å². The van der Waals surface area contributed by atoms with Crippen molar-refractivity contribution in [2.24, 2.45) is 5.10 Å². The molecule has 7 heteroatoms. The zero-order valence-corrected chi connectivity index (χ0v) is 11.0. The van der Waals surface area contributed by atoms with E-state index in [0.29, 0.717) is 18.6 Å². The van der Waals surface area contributed by atoms with E-state index in [2.05, 4.69) is 20.8 Å². The fraction of sp³-hybridized carbons (Fsp3) is 0.455. The first kappa shape index (κ1) is 12.7. The number of aryl methyl sites for hydroxylation is 1. The smallest absolute Gasteiger partial charge is 0.268 e. The maximum absolute atomic E-state index is 11.9. The van der Waals surface area contributed by atoms with Gasteiger partial charge in [-0.05, 0) is 13.8 Å². The second-order valence-electron chi connectivity index (χ2n) is 4.10. The maximum Gasteiger partial charge on any atom is 0.268 e. The Balaban J connectivity index is 1.97. The van der Waals surface area contributed by atoms with Crippen LogP contribution in [0.1, 0.15) is 35.7 Å². The molecule has 1 aromatic rings. The summed E-state index contributed by atoms with van der Waals surface area (Å²) in [6.45, 7) is 3.84. The number of aromatic nitrogens is 1. The van der Waals surface area contributed by atoms with Crippen molar-refractivity contribution in [1.82, 2.24) is 15.7 Å². The molecule has 0 saturated heterocycles. The summed E-state index contributed by atoms with van der Waals surface area (Å²) in [5, 5.41) is 7.43. The minimum Gasteiger partial charge on any atom is -0.342 e. The Kier molecular flexibility index (Phi) is 3.71. The predicted octanol–water partition coefficient (Wildman–Crippen LogP) is 0.895. The Bertz CT molecular complexity index is 509. The largest absolute Gasteiger partial charge is 0.342 e. The highest BCUT2D eigenvalue weighted by molar-refractivity contribution is 7.11. The average molecular weight is 266 g/mol. The summed E-state index contributed by atoms with van der Waals surface area (Å²) >= 11 is 1.55. The topological polar surface area (TPSA) is 83.4 Å². The molecule has 0 radical (unpaired) electrons. The molecule has 2 rings (SSSR count). The Morgan fingerprint density at radius 1 is 1.56 bits per heavy atom. The van der Waals surface area contributed by atoms with Crippen molar-refractivity contribution in [1.29, 1.82) is 0 Å². The summed E-state index contributed by atoms with van der Waals surface area (Å²) in [5.41, 5.74) is 2.66. The number of rotatable bonds is 3. The van der Waals surface area contributed by atoms with Gasteiger partial charge >= 0.3 is 0 Å². The zero-order chi connectivity index (χ0) is 13.1. The number of hydrogen-bond donors (Lipinski definition) is 2. The van der Waals surface area contributed by atoms with E-state index in [1.54, 1.807) is 17.5 Å². The van der Waals surface area contributed by atoms with Crippen LogP contribution >= 0.6 is 11.3 Å². The van der Waals surface area contributed by atoms with E-state index < -0.39 is 0 Å². The lowest BCUT2D eigenvalue weighted by Gasteiger charge is -2.14. The fourth-order valence-electron chi connectivity index (χ4n) is 1.55. The number of hydrazone groups is 1. The van der Waals surface area contributed by atoms with E-state index in [9.17, 15) is 9.59 Å². The van der Waals surface area contributed by atoms with Crippen molar-refractivity contribution in [2.45, 2.75) is 32.7 Å². The van der Waals surface area contributed by atoms with Crippen LogP contribution in [0.3, 0.4) is 0 Å². The van der Waals surface area contributed by atoms with Gasteiger partial charge < -0.3 is 5.32 Å². The van der Waals surface area contributed by atoms with E-state index >= 15 is 0 Å². The van der Waals surface area contributed by atoms with E-state index in [1.165, 1.54) is 0 Å². The molecule has 0 aliphatic carbocycles. The van der Waals surface area contributed by atoms with Gasteiger partial charge in [-0.3, -0.25) is 9.59 Å². The molecule has 2 N–H and O–H groups in total. The third kappa shape index (κ3) is 2.92. The molecule has 1 unspecified atom stereocenters. The first-order valence-electron chi connectivity index (χ1n) is 5.65. The van der Waals surface area contributed by atoms with E-state index in [-0.39, 0.29) is 17.9 Å². The van der Waals surface area contributed by atoms with Crippen LogP contribution in [0, 0.1) is 6.92 Å². The third-order valence-electron chi connectivity index (χ3n) is 2.52. The lowest BCUT2D eigenvalue weighted by molar-refractivity contribution is -0.121. The van der Waals surface area contributed by atoms with Crippen LogP contribution in [-0.4, -0.2) is 22.5 Å². The molecule has 0 aromatic carbocycles. The highest BCUT2D eigenvalue weighted by Gasteiger charge is 2.20. The third-order valence-corrected chi connectivity index (χ3v) is 3.62. The molecule has 0 spiro atoms. The van der Waals surface area contributed by atoms with Gasteiger partial charge in [0.15, 0.2) is 0 Å². The van der Waals surface area contributed by atoms with Crippen molar-refractivity contribution in [3.05, 3.63) is 16.1 Å². The molecule has 0 fully saturated rings. The van der Waals surface area contributed by atoms with Crippen molar-refractivity contribution >= 4 is 28.9 Å². The molecule has 0 bridgehead atoms. The second kappa shape index (κ2) is 5.26. The van der Waals surface area contributed by atoms with Gasteiger partial charge in [0.2, 0.25) is 5.91 Å². The zero-order valence-electron chi connectivity index (χ0n) is 10.2. The van der Waals surface area contributed by atoms with Crippen molar-refractivity contribution in [3.8, 4) is 0 Å². The van der Waals surface area contributed by atoms with Crippen LogP contribution in [0.15, 0.2) is 11.3 Å². The number of hydrogen-bond acceptors (Lipinski definition) is 5. The molecular formula is C11H14N4O2S. The predicted molar refractivity (Wildman–Crippen MR) is 68.2 cm³/mol. The maximum atomic E-state index is 11.9. The summed E-state index contributed by atoms with van der Waals surface area (Å²) in [6, 6.07) is -0.156. The minimum absolute atomic E-state index is 0.156. The standard InChI is InChI=1S/C11H14N4O2S/c1-6-5-12-11(18-6)7(2)13-10(17)8-3-4-9(16)15-14-8/h5,7H,3-4H2,1-2H3,(H,13,17)(H,15,16). The number of nitrogens with one attached hydrogen (secondary N) is 2. The van der Waals surface area contributed by atoms with Gasteiger partial charge in [-0.25, -0.2) is 10.4 Å². The number of carbonyl (C=O) groups is 2. The van der Waals surface area contributed by atoms with Gasteiger partial charge in [-0.1, -0.05) is 0 Å². The number of carbonyl (C=O) groups excluding carboxylic acids is 2. The lowest BCUT2D eigenvalue weighted by atomic mass is 10.1. The Morgan fingerprint density at radius 3 is 2.89 bits per heavy atom. The highest BCUT2D eigenvalue weighted by atomic mass is 32.1. The Morgan fingerprint density at radius 2 is 2.33 bits per heavy atom. The van der Waals surface area contributed by atoms with Crippen LogP contribution in [0.25, 0.3) is 0 Å². The van der Waals surface area contributed by atoms with Crippen LogP contribution < -0.4 is 10.7 Å². The van der Waals surface area contributed by atoms with Crippen molar-refractivity contribution in [2.75, 3.05) is 0 Å². The molecule has 6 nitrogen and oxygen atoms in total. The number of thiazole rings is 1. The molecule has 18 heavy (non-hydrogen) atoms. The van der Waals surface area contributed by atoms with Crippen LogP contribution in [0.5, 0.6) is 0 Å². The molecular weight excluding hydrogens is 252 g/mol. The number of amides is 2. The molecule has 2 amide bonds. The lowest BCUT2D eigenvalue weighted by Crippen LogP contribution is -2.37. The van der Waals surface area contributed by atoms with Crippen molar-refractivity contribution < 1.29 is 9.59 Å². The molecule has 1 aliphatic rings. The Hall–Kier alpha value is -1.76. The second-order valence-corrected chi connectivity index (χ2v) is 5.36. The molecule has 96 valence electrons. The van der Waals surface area contributed by atoms with Gasteiger partial charge in [-0.15, -0.1) is 11.3 Å². The van der Waals surface area contributed by atoms with Gasteiger partial charge in [0.05, 0.1) is 6.04 Å². The Labute approximate surface area is 108 Å². The van der Waals surface area contributed by atoms with E-state index in [1.807, 2.05) is 13.8 Å². The normalized spacial score (nSPS) is 16.8.